The first-order chi connectivity index (χ1) is 11.4. The van der Waals surface area contributed by atoms with Crippen LogP contribution in [0.15, 0.2) is 30.3 Å². The van der Waals surface area contributed by atoms with Crippen LogP contribution < -0.4 is 10.1 Å². The molecule has 0 atom stereocenters. The normalized spacial score (nSPS) is 10.5. The standard InChI is InChI=1S/C16H13Cl4NO3/c17-9-3-4-14(11(18)6-9)24-5-1-2-15(22)21-10-7-12(19)16(23)13(20)8-10/h3-4,6-8,23H,1-2,5H2,(H,21,22). The fraction of sp³-hybridized carbons (Fsp3) is 0.188. The summed E-state index contributed by atoms with van der Waals surface area (Å²) in [5.74, 6) is 0.0711. The SMILES string of the molecule is O=C(CCCOc1ccc(Cl)cc1Cl)Nc1cc(Cl)c(O)c(Cl)c1. The van der Waals surface area contributed by atoms with E-state index in [2.05, 4.69) is 5.32 Å². The van der Waals surface area contributed by atoms with Crippen molar-refractivity contribution >= 4 is 58.0 Å². The summed E-state index contributed by atoms with van der Waals surface area (Å²) >= 11 is 23.4. The summed E-state index contributed by atoms with van der Waals surface area (Å²) in [6.45, 7) is 0.325. The van der Waals surface area contributed by atoms with E-state index < -0.39 is 0 Å². The first kappa shape index (κ1) is 19.0. The minimum Gasteiger partial charge on any atom is -0.505 e. The van der Waals surface area contributed by atoms with Gasteiger partial charge in [0.25, 0.3) is 0 Å². The Morgan fingerprint density at radius 2 is 1.71 bits per heavy atom. The van der Waals surface area contributed by atoms with Gasteiger partial charge in [-0.15, -0.1) is 0 Å². The van der Waals surface area contributed by atoms with Gasteiger partial charge in [-0.3, -0.25) is 4.79 Å². The topological polar surface area (TPSA) is 58.6 Å². The van der Waals surface area contributed by atoms with E-state index in [4.69, 9.17) is 51.1 Å². The number of anilines is 1. The third-order valence-corrected chi connectivity index (χ3v) is 4.11. The van der Waals surface area contributed by atoms with Gasteiger partial charge >= 0.3 is 0 Å². The first-order valence-electron chi connectivity index (χ1n) is 6.92. The zero-order chi connectivity index (χ0) is 17.7. The van der Waals surface area contributed by atoms with Gasteiger partial charge in [-0.1, -0.05) is 46.4 Å². The summed E-state index contributed by atoms with van der Waals surface area (Å²) in [7, 11) is 0. The molecule has 0 saturated carbocycles. The number of hydrogen-bond acceptors (Lipinski definition) is 3. The maximum atomic E-state index is 11.9. The van der Waals surface area contributed by atoms with Gasteiger partial charge in [-0.05, 0) is 36.8 Å². The minimum atomic E-state index is -0.223. The van der Waals surface area contributed by atoms with E-state index in [0.717, 1.165) is 0 Å². The van der Waals surface area contributed by atoms with Crippen molar-refractivity contribution in [3.05, 3.63) is 50.4 Å². The van der Waals surface area contributed by atoms with Crippen molar-refractivity contribution in [1.82, 2.24) is 0 Å². The van der Waals surface area contributed by atoms with Crippen molar-refractivity contribution in [2.75, 3.05) is 11.9 Å². The third-order valence-electron chi connectivity index (χ3n) is 3.00. The summed E-state index contributed by atoms with van der Waals surface area (Å²) in [6.07, 6.45) is 0.728. The van der Waals surface area contributed by atoms with E-state index in [-0.39, 0.29) is 28.1 Å². The first-order valence-corrected chi connectivity index (χ1v) is 8.43. The lowest BCUT2D eigenvalue weighted by molar-refractivity contribution is -0.116. The van der Waals surface area contributed by atoms with Gasteiger partial charge < -0.3 is 15.2 Å². The maximum absolute atomic E-state index is 11.9. The van der Waals surface area contributed by atoms with Crippen molar-refractivity contribution in [2.45, 2.75) is 12.8 Å². The number of halogens is 4. The highest BCUT2D eigenvalue weighted by Gasteiger charge is 2.09. The van der Waals surface area contributed by atoms with E-state index in [1.54, 1.807) is 18.2 Å². The highest BCUT2D eigenvalue weighted by atomic mass is 35.5. The molecule has 2 rings (SSSR count). The van der Waals surface area contributed by atoms with Crippen LogP contribution >= 0.6 is 46.4 Å². The molecule has 2 aromatic carbocycles. The highest BCUT2D eigenvalue weighted by molar-refractivity contribution is 6.37. The monoisotopic (exact) mass is 407 g/mol. The van der Waals surface area contributed by atoms with Crippen LogP contribution in [-0.4, -0.2) is 17.6 Å². The predicted octanol–water partition coefficient (Wildman–Crippen LogP) is 5.80. The Morgan fingerprint density at radius 3 is 2.33 bits per heavy atom. The Bertz CT molecular complexity index is 729. The molecule has 0 aliphatic rings. The van der Waals surface area contributed by atoms with Crippen molar-refractivity contribution in [3.63, 3.8) is 0 Å². The number of carbonyl (C=O) groups excluding carboxylic acids is 1. The zero-order valence-electron chi connectivity index (χ0n) is 12.3. The molecule has 0 aliphatic heterocycles. The summed E-state index contributed by atoms with van der Waals surface area (Å²) in [5.41, 5.74) is 0.412. The number of hydrogen-bond donors (Lipinski definition) is 2. The van der Waals surface area contributed by atoms with Gasteiger partial charge in [0.1, 0.15) is 5.75 Å². The second-order valence-electron chi connectivity index (χ2n) is 4.86. The summed E-state index contributed by atoms with van der Waals surface area (Å²) in [5, 5.41) is 13.2. The van der Waals surface area contributed by atoms with Crippen LogP contribution in [0.3, 0.4) is 0 Å². The van der Waals surface area contributed by atoms with Crippen molar-refractivity contribution in [1.29, 1.82) is 0 Å². The van der Waals surface area contributed by atoms with Crippen LogP contribution in [0.2, 0.25) is 20.1 Å². The fourth-order valence-electron chi connectivity index (χ4n) is 1.87. The van der Waals surface area contributed by atoms with Crippen molar-refractivity contribution in [3.8, 4) is 11.5 Å². The fourth-order valence-corrected chi connectivity index (χ4v) is 2.82. The predicted molar refractivity (Wildman–Crippen MR) is 97.9 cm³/mol. The Labute approximate surface area is 159 Å². The van der Waals surface area contributed by atoms with Crippen LogP contribution in [-0.2, 0) is 4.79 Å². The van der Waals surface area contributed by atoms with Crippen LogP contribution in [0.25, 0.3) is 0 Å². The number of rotatable bonds is 6. The highest BCUT2D eigenvalue weighted by Crippen LogP contribution is 2.34. The smallest absolute Gasteiger partial charge is 0.224 e. The number of nitrogens with one attached hydrogen (secondary N) is 1. The largest absolute Gasteiger partial charge is 0.505 e. The van der Waals surface area contributed by atoms with Gasteiger partial charge in [0.05, 0.1) is 21.7 Å². The number of aromatic hydroxyl groups is 1. The van der Waals surface area contributed by atoms with E-state index in [9.17, 15) is 9.90 Å². The molecule has 0 radical (unpaired) electrons. The average Bonchev–Trinajstić information content (AvgIpc) is 2.50. The molecule has 4 nitrogen and oxygen atoms in total. The number of phenols is 1. The molecule has 0 bridgehead atoms. The molecule has 1 amide bonds. The molecule has 0 fully saturated rings. The molecule has 24 heavy (non-hydrogen) atoms. The summed E-state index contributed by atoms with van der Waals surface area (Å²) in [4.78, 5) is 11.9. The molecule has 0 spiro atoms. The number of phenolic OH excluding ortho intramolecular Hbond substituents is 1. The Balaban J connectivity index is 1.79. The summed E-state index contributed by atoms with van der Waals surface area (Å²) < 4.78 is 5.50. The molecule has 2 N–H and O–H groups in total. The lowest BCUT2D eigenvalue weighted by Gasteiger charge is -2.09. The van der Waals surface area contributed by atoms with Crippen LogP contribution in [0.4, 0.5) is 5.69 Å². The van der Waals surface area contributed by atoms with E-state index >= 15 is 0 Å². The van der Waals surface area contributed by atoms with Gasteiger partial charge in [-0.2, -0.15) is 0 Å². The quantitative estimate of drug-likeness (QED) is 0.468. The van der Waals surface area contributed by atoms with Crippen LogP contribution in [0, 0.1) is 0 Å². The van der Waals surface area contributed by atoms with Crippen LogP contribution in [0.1, 0.15) is 12.8 Å². The molecule has 0 unspecified atom stereocenters. The molecule has 0 aromatic heterocycles. The Morgan fingerprint density at radius 1 is 1.04 bits per heavy atom. The van der Waals surface area contributed by atoms with Gasteiger partial charge in [-0.25, -0.2) is 0 Å². The third kappa shape index (κ3) is 5.35. The van der Waals surface area contributed by atoms with E-state index in [0.29, 0.717) is 34.5 Å². The molecule has 0 aliphatic carbocycles. The number of carbonyl (C=O) groups is 1. The molecule has 8 heteroatoms. The van der Waals surface area contributed by atoms with Gasteiger partial charge in [0, 0.05) is 17.1 Å². The van der Waals surface area contributed by atoms with Gasteiger partial charge in [0.2, 0.25) is 5.91 Å². The molecular weight excluding hydrogens is 396 g/mol. The lowest BCUT2D eigenvalue weighted by atomic mass is 10.2. The summed E-state index contributed by atoms with van der Waals surface area (Å²) in [6, 6.07) is 7.78. The Kier molecular flexibility index (Phi) is 6.87. The number of amides is 1. The second kappa shape index (κ2) is 8.67. The van der Waals surface area contributed by atoms with Crippen molar-refractivity contribution in [2.24, 2.45) is 0 Å². The molecule has 2 aromatic rings. The van der Waals surface area contributed by atoms with Crippen molar-refractivity contribution < 1.29 is 14.6 Å². The minimum absolute atomic E-state index is 0.0681. The lowest BCUT2D eigenvalue weighted by Crippen LogP contribution is -2.12. The second-order valence-corrected chi connectivity index (χ2v) is 6.52. The van der Waals surface area contributed by atoms with Gasteiger partial charge in [0.15, 0.2) is 5.75 Å². The van der Waals surface area contributed by atoms with E-state index in [1.807, 2.05) is 0 Å². The molecule has 128 valence electrons. The number of benzene rings is 2. The molecule has 0 saturated heterocycles. The Hall–Kier alpha value is -1.33. The zero-order valence-corrected chi connectivity index (χ0v) is 15.3. The van der Waals surface area contributed by atoms with Crippen LogP contribution in [0.5, 0.6) is 11.5 Å². The number of ether oxygens (including phenoxy) is 1. The maximum Gasteiger partial charge on any atom is 0.224 e. The molecular formula is C16H13Cl4NO3. The molecule has 0 heterocycles. The van der Waals surface area contributed by atoms with E-state index in [1.165, 1.54) is 12.1 Å². The average molecular weight is 409 g/mol.